The van der Waals surface area contributed by atoms with E-state index in [-0.39, 0.29) is 22.5 Å². The van der Waals surface area contributed by atoms with E-state index in [1.807, 2.05) is 0 Å². The van der Waals surface area contributed by atoms with Crippen molar-refractivity contribution >= 4 is 16.0 Å². The molecule has 1 aliphatic carbocycles. The molecular weight excluding hydrogens is 294 g/mol. The summed E-state index contributed by atoms with van der Waals surface area (Å²) in [6.07, 6.45) is 4.91. The highest BCUT2D eigenvalue weighted by molar-refractivity contribution is 7.89. The third-order valence-electron chi connectivity index (χ3n) is 3.96. The molecule has 0 radical (unpaired) electrons. The maximum absolute atomic E-state index is 12.8. The van der Waals surface area contributed by atoms with Crippen molar-refractivity contribution in [2.24, 2.45) is 0 Å². The lowest BCUT2D eigenvalue weighted by molar-refractivity contribution is 0.0661. The van der Waals surface area contributed by atoms with Crippen molar-refractivity contribution in [3.63, 3.8) is 0 Å². The molecule has 1 aromatic rings. The Morgan fingerprint density at radius 3 is 2.48 bits per heavy atom. The van der Waals surface area contributed by atoms with Crippen molar-refractivity contribution in [3.8, 4) is 0 Å². The van der Waals surface area contributed by atoms with Crippen molar-refractivity contribution in [1.82, 2.24) is 4.31 Å². The average molecular weight is 315 g/mol. The normalized spacial score (nSPS) is 17.3. The van der Waals surface area contributed by atoms with Crippen LogP contribution in [0.1, 0.15) is 55.3 Å². The first-order valence-electron chi connectivity index (χ1n) is 7.23. The number of carbonyl (C=O) groups is 1. The average Bonchev–Trinajstić information content (AvgIpc) is 2.83. The quantitative estimate of drug-likeness (QED) is 0.902. The summed E-state index contributed by atoms with van der Waals surface area (Å²) in [6.45, 7) is 3.66. The van der Waals surface area contributed by atoms with E-state index in [1.165, 1.54) is 11.2 Å². The highest BCUT2D eigenvalue weighted by Gasteiger charge is 2.34. The SMILES string of the molecule is CCN(C1CCCCC1)S(=O)(=O)c1cc(C(=O)O)oc1C. The van der Waals surface area contributed by atoms with Crippen molar-refractivity contribution < 1.29 is 22.7 Å². The summed E-state index contributed by atoms with van der Waals surface area (Å²) in [7, 11) is -3.72. The van der Waals surface area contributed by atoms with E-state index in [0.717, 1.165) is 38.2 Å². The van der Waals surface area contributed by atoms with Crippen LogP contribution in [0.2, 0.25) is 0 Å². The zero-order valence-electron chi connectivity index (χ0n) is 12.3. The number of carboxylic acids is 1. The topological polar surface area (TPSA) is 87.8 Å². The summed E-state index contributed by atoms with van der Waals surface area (Å²) in [5.74, 6) is -1.48. The Kier molecular flexibility index (Phi) is 4.73. The Hall–Kier alpha value is -1.34. The molecule has 1 fully saturated rings. The van der Waals surface area contributed by atoms with Gasteiger partial charge in [-0.15, -0.1) is 0 Å². The third kappa shape index (κ3) is 3.13. The van der Waals surface area contributed by atoms with Gasteiger partial charge in [-0.1, -0.05) is 26.2 Å². The van der Waals surface area contributed by atoms with Gasteiger partial charge in [-0.25, -0.2) is 13.2 Å². The second kappa shape index (κ2) is 6.19. The number of sulfonamides is 1. The first-order chi connectivity index (χ1) is 9.87. The molecule has 0 unspecified atom stereocenters. The van der Waals surface area contributed by atoms with E-state index in [2.05, 4.69) is 0 Å². The van der Waals surface area contributed by atoms with Crippen molar-refractivity contribution in [2.45, 2.75) is 56.9 Å². The molecule has 7 heteroatoms. The molecule has 1 aliphatic rings. The van der Waals surface area contributed by atoms with E-state index in [9.17, 15) is 13.2 Å². The fourth-order valence-electron chi connectivity index (χ4n) is 2.95. The van der Waals surface area contributed by atoms with Crippen LogP contribution in [0.5, 0.6) is 0 Å². The number of aryl methyl sites for hydroxylation is 1. The Morgan fingerprint density at radius 1 is 1.38 bits per heavy atom. The van der Waals surface area contributed by atoms with Crippen LogP contribution < -0.4 is 0 Å². The molecule has 1 saturated carbocycles. The molecular formula is C14H21NO5S. The zero-order chi connectivity index (χ0) is 15.6. The molecule has 0 atom stereocenters. The van der Waals surface area contributed by atoms with Gasteiger partial charge in [0.1, 0.15) is 10.7 Å². The van der Waals surface area contributed by atoms with E-state index in [0.29, 0.717) is 6.54 Å². The fraction of sp³-hybridized carbons (Fsp3) is 0.643. The van der Waals surface area contributed by atoms with Gasteiger partial charge in [-0.05, 0) is 19.8 Å². The first kappa shape index (κ1) is 16.0. The minimum Gasteiger partial charge on any atom is -0.475 e. The Bertz CT molecular complexity index is 613. The van der Waals surface area contributed by atoms with Gasteiger partial charge in [-0.2, -0.15) is 4.31 Å². The molecule has 1 aromatic heterocycles. The molecule has 6 nitrogen and oxygen atoms in total. The second-order valence-electron chi connectivity index (χ2n) is 5.34. The number of aromatic carboxylic acids is 1. The largest absolute Gasteiger partial charge is 0.475 e. The van der Waals surface area contributed by atoms with Crippen LogP contribution in [0.3, 0.4) is 0 Å². The number of carboxylic acid groups (broad SMARTS) is 1. The zero-order valence-corrected chi connectivity index (χ0v) is 13.1. The molecule has 0 bridgehead atoms. The summed E-state index contributed by atoms with van der Waals surface area (Å²) in [5, 5.41) is 8.93. The summed E-state index contributed by atoms with van der Waals surface area (Å²) < 4.78 is 32.1. The van der Waals surface area contributed by atoms with Crippen LogP contribution in [0.4, 0.5) is 0 Å². The summed E-state index contributed by atoms with van der Waals surface area (Å²) in [6, 6.07) is 1.11. The molecule has 0 amide bonds. The van der Waals surface area contributed by atoms with Gasteiger partial charge in [0.25, 0.3) is 0 Å². The second-order valence-corrected chi connectivity index (χ2v) is 7.20. The molecule has 118 valence electrons. The summed E-state index contributed by atoms with van der Waals surface area (Å²) >= 11 is 0. The van der Waals surface area contributed by atoms with Crippen LogP contribution in [0, 0.1) is 6.92 Å². The van der Waals surface area contributed by atoms with Crippen LogP contribution in [0.15, 0.2) is 15.4 Å². The van der Waals surface area contributed by atoms with E-state index < -0.39 is 16.0 Å². The number of hydrogen-bond acceptors (Lipinski definition) is 4. The summed E-state index contributed by atoms with van der Waals surface area (Å²) in [5.41, 5.74) is 0. The smallest absolute Gasteiger partial charge is 0.371 e. The minimum absolute atomic E-state index is 0.00340. The van der Waals surface area contributed by atoms with Crippen molar-refractivity contribution in [2.75, 3.05) is 6.54 Å². The highest BCUT2D eigenvalue weighted by Crippen LogP contribution is 2.30. The van der Waals surface area contributed by atoms with Crippen LogP contribution in [-0.4, -0.2) is 36.4 Å². The molecule has 2 rings (SSSR count). The van der Waals surface area contributed by atoms with Gasteiger partial charge in [0.05, 0.1) is 0 Å². The number of nitrogens with zero attached hydrogens (tertiary/aromatic N) is 1. The number of hydrogen-bond donors (Lipinski definition) is 1. The van der Waals surface area contributed by atoms with Gasteiger partial charge in [0.2, 0.25) is 15.8 Å². The van der Waals surface area contributed by atoms with Gasteiger partial charge in [0, 0.05) is 18.7 Å². The van der Waals surface area contributed by atoms with Crippen LogP contribution >= 0.6 is 0 Å². The number of furan rings is 1. The molecule has 0 aromatic carbocycles. The monoisotopic (exact) mass is 315 g/mol. The Labute approximate surface area is 124 Å². The van der Waals surface area contributed by atoms with Crippen molar-refractivity contribution in [3.05, 3.63) is 17.6 Å². The number of rotatable bonds is 5. The maximum atomic E-state index is 12.8. The summed E-state index contributed by atoms with van der Waals surface area (Å²) in [4.78, 5) is 10.9. The lowest BCUT2D eigenvalue weighted by Crippen LogP contribution is -2.41. The van der Waals surface area contributed by atoms with E-state index in [4.69, 9.17) is 9.52 Å². The van der Waals surface area contributed by atoms with Gasteiger partial charge < -0.3 is 9.52 Å². The van der Waals surface area contributed by atoms with Crippen LogP contribution in [-0.2, 0) is 10.0 Å². The van der Waals surface area contributed by atoms with E-state index >= 15 is 0 Å². The molecule has 0 spiro atoms. The standard InChI is InChI=1S/C14H21NO5S/c1-3-15(11-7-5-4-6-8-11)21(18,19)13-9-12(14(16)17)20-10(13)2/h9,11H,3-8H2,1-2H3,(H,16,17). The van der Waals surface area contributed by atoms with Crippen molar-refractivity contribution in [1.29, 1.82) is 0 Å². The molecule has 1 heterocycles. The minimum atomic E-state index is -3.72. The maximum Gasteiger partial charge on any atom is 0.371 e. The highest BCUT2D eigenvalue weighted by atomic mass is 32.2. The van der Waals surface area contributed by atoms with Gasteiger partial charge in [0.15, 0.2) is 0 Å². The lowest BCUT2D eigenvalue weighted by Gasteiger charge is -2.32. The first-order valence-corrected chi connectivity index (χ1v) is 8.67. The molecule has 21 heavy (non-hydrogen) atoms. The molecule has 0 saturated heterocycles. The molecule has 1 N–H and O–H groups in total. The Balaban J connectivity index is 2.36. The van der Waals surface area contributed by atoms with Gasteiger partial charge >= 0.3 is 5.97 Å². The third-order valence-corrected chi connectivity index (χ3v) is 6.10. The lowest BCUT2D eigenvalue weighted by atomic mass is 9.95. The predicted molar refractivity (Wildman–Crippen MR) is 76.8 cm³/mol. The van der Waals surface area contributed by atoms with Gasteiger partial charge in [-0.3, -0.25) is 0 Å². The Morgan fingerprint density at radius 2 is 2.00 bits per heavy atom. The van der Waals surface area contributed by atoms with Crippen LogP contribution in [0.25, 0.3) is 0 Å². The predicted octanol–water partition coefficient (Wildman–Crippen LogP) is 2.63. The molecule has 0 aliphatic heterocycles. The fourth-order valence-corrected chi connectivity index (χ4v) is 4.80. The van der Waals surface area contributed by atoms with E-state index in [1.54, 1.807) is 6.92 Å².